The maximum absolute atomic E-state index is 11.9. The van der Waals surface area contributed by atoms with Crippen LogP contribution in [0.5, 0.6) is 0 Å². The maximum atomic E-state index is 11.9. The SMILES string of the molecule is CCOC(=O)c1cc2ccoc2n1CC1CC1. The highest BCUT2D eigenvalue weighted by atomic mass is 16.5. The molecule has 1 aliphatic carbocycles. The molecule has 0 radical (unpaired) electrons. The second-order valence-electron chi connectivity index (χ2n) is 4.49. The fourth-order valence-corrected chi connectivity index (χ4v) is 2.09. The van der Waals surface area contributed by atoms with E-state index in [-0.39, 0.29) is 5.97 Å². The van der Waals surface area contributed by atoms with Gasteiger partial charge in [-0.05, 0) is 37.8 Å². The van der Waals surface area contributed by atoms with Gasteiger partial charge in [-0.3, -0.25) is 0 Å². The van der Waals surface area contributed by atoms with Crippen molar-refractivity contribution in [2.75, 3.05) is 6.61 Å². The summed E-state index contributed by atoms with van der Waals surface area (Å²) in [4.78, 5) is 11.9. The van der Waals surface area contributed by atoms with Crippen molar-refractivity contribution in [1.29, 1.82) is 0 Å². The van der Waals surface area contributed by atoms with Crippen molar-refractivity contribution in [3.63, 3.8) is 0 Å². The van der Waals surface area contributed by atoms with Crippen LogP contribution in [-0.4, -0.2) is 17.1 Å². The van der Waals surface area contributed by atoms with Crippen LogP contribution in [0.15, 0.2) is 22.8 Å². The Labute approximate surface area is 99.2 Å². The Bertz CT molecular complexity index is 548. The average molecular weight is 233 g/mol. The summed E-state index contributed by atoms with van der Waals surface area (Å²) in [6.07, 6.45) is 4.13. The molecule has 0 atom stereocenters. The third kappa shape index (κ3) is 1.84. The molecule has 0 aliphatic heterocycles. The largest absolute Gasteiger partial charge is 0.461 e. The zero-order valence-corrected chi connectivity index (χ0v) is 9.81. The lowest BCUT2D eigenvalue weighted by molar-refractivity contribution is 0.0513. The van der Waals surface area contributed by atoms with Crippen LogP contribution in [0.25, 0.3) is 11.1 Å². The minimum absolute atomic E-state index is 0.264. The topological polar surface area (TPSA) is 44.4 Å². The molecule has 4 heteroatoms. The van der Waals surface area contributed by atoms with Crippen LogP contribution in [0.4, 0.5) is 0 Å². The zero-order valence-electron chi connectivity index (χ0n) is 9.81. The number of nitrogens with zero attached hydrogens (tertiary/aromatic N) is 1. The van der Waals surface area contributed by atoms with Gasteiger partial charge in [-0.15, -0.1) is 0 Å². The Morgan fingerprint density at radius 1 is 1.59 bits per heavy atom. The third-order valence-electron chi connectivity index (χ3n) is 3.12. The summed E-state index contributed by atoms with van der Waals surface area (Å²) in [7, 11) is 0. The van der Waals surface area contributed by atoms with Gasteiger partial charge in [-0.25, -0.2) is 4.79 Å². The lowest BCUT2D eigenvalue weighted by Crippen LogP contribution is -2.12. The van der Waals surface area contributed by atoms with E-state index in [4.69, 9.17) is 9.15 Å². The van der Waals surface area contributed by atoms with Crippen molar-refractivity contribution in [1.82, 2.24) is 4.57 Å². The number of rotatable bonds is 4. The number of hydrogen-bond acceptors (Lipinski definition) is 3. The van der Waals surface area contributed by atoms with Crippen LogP contribution < -0.4 is 0 Å². The van der Waals surface area contributed by atoms with Crippen molar-refractivity contribution in [3.05, 3.63) is 24.1 Å². The van der Waals surface area contributed by atoms with Crippen LogP contribution in [0, 0.1) is 5.92 Å². The molecule has 0 spiro atoms. The van der Waals surface area contributed by atoms with Gasteiger partial charge in [0.2, 0.25) is 5.71 Å². The van der Waals surface area contributed by atoms with Crippen LogP contribution in [0.2, 0.25) is 0 Å². The molecule has 0 aromatic carbocycles. The molecule has 0 N–H and O–H groups in total. The zero-order chi connectivity index (χ0) is 11.8. The minimum atomic E-state index is -0.264. The summed E-state index contributed by atoms with van der Waals surface area (Å²) in [5, 5.41) is 0.966. The summed E-state index contributed by atoms with van der Waals surface area (Å²) in [5.41, 5.74) is 1.38. The highest BCUT2D eigenvalue weighted by molar-refractivity contribution is 5.94. The second kappa shape index (κ2) is 3.95. The van der Waals surface area contributed by atoms with E-state index in [9.17, 15) is 4.79 Å². The minimum Gasteiger partial charge on any atom is -0.461 e. The number of aromatic nitrogens is 1. The average Bonchev–Trinajstić information content (AvgIpc) is 2.88. The number of furan rings is 1. The van der Waals surface area contributed by atoms with Crippen LogP contribution in [-0.2, 0) is 11.3 Å². The molecule has 90 valence electrons. The molecule has 0 amide bonds. The molecule has 1 aliphatic rings. The highest BCUT2D eigenvalue weighted by Gasteiger charge is 2.26. The molecule has 3 rings (SSSR count). The van der Waals surface area contributed by atoms with Gasteiger partial charge in [0.05, 0.1) is 12.9 Å². The lowest BCUT2D eigenvalue weighted by atomic mass is 10.3. The molecule has 0 unspecified atom stereocenters. The van der Waals surface area contributed by atoms with Gasteiger partial charge in [-0.2, -0.15) is 0 Å². The molecule has 1 fully saturated rings. The standard InChI is InChI=1S/C13H15NO3/c1-2-16-13(15)11-7-10-5-6-17-12(10)14(11)8-9-3-4-9/h5-7,9H,2-4,8H2,1H3. The van der Waals surface area contributed by atoms with Crippen molar-refractivity contribution >= 4 is 17.1 Å². The van der Waals surface area contributed by atoms with Gasteiger partial charge in [0.1, 0.15) is 5.69 Å². The van der Waals surface area contributed by atoms with Crippen molar-refractivity contribution < 1.29 is 13.9 Å². The summed E-state index contributed by atoms with van der Waals surface area (Å²) in [6, 6.07) is 3.72. The predicted molar refractivity (Wildman–Crippen MR) is 62.9 cm³/mol. The first-order valence-corrected chi connectivity index (χ1v) is 6.03. The van der Waals surface area contributed by atoms with Gasteiger partial charge in [-0.1, -0.05) is 0 Å². The van der Waals surface area contributed by atoms with Crippen molar-refractivity contribution in [2.45, 2.75) is 26.3 Å². The molecule has 2 aromatic heterocycles. The number of ether oxygens (including phenoxy) is 1. The third-order valence-corrected chi connectivity index (χ3v) is 3.12. The fraction of sp³-hybridized carbons (Fsp3) is 0.462. The normalized spacial score (nSPS) is 15.4. The molecule has 4 nitrogen and oxygen atoms in total. The Morgan fingerprint density at radius 3 is 3.12 bits per heavy atom. The van der Waals surface area contributed by atoms with Crippen LogP contribution in [0.3, 0.4) is 0 Å². The Kier molecular flexibility index (Phi) is 2.42. The molecule has 1 saturated carbocycles. The predicted octanol–water partition coefficient (Wildman–Crippen LogP) is 2.82. The van der Waals surface area contributed by atoms with Crippen LogP contribution >= 0.6 is 0 Å². The number of hydrogen-bond donors (Lipinski definition) is 0. The molecular formula is C13H15NO3. The molecule has 2 aromatic rings. The quantitative estimate of drug-likeness (QED) is 0.763. The monoisotopic (exact) mass is 233 g/mol. The first-order valence-electron chi connectivity index (χ1n) is 6.03. The van der Waals surface area contributed by atoms with Gasteiger partial charge >= 0.3 is 5.97 Å². The molecule has 2 heterocycles. The van der Waals surface area contributed by atoms with E-state index < -0.39 is 0 Å². The molecular weight excluding hydrogens is 218 g/mol. The van der Waals surface area contributed by atoms with E-state index in [1.54, 1.807) is 6.26 Å². The molecule has 0 bridgehead atoms. The number of carbonyl (C=O) groups is 1. The summed E-state index contributed by atoms with van der Waals surface area (Å²) in [6.45, 7) is 3.07. The highest BCUT2D eigenvalue weighted by Crippen LogP contribution is 2.33. The van der Waals surface area contributed by atoms with E-state index >= 15 is 0 Å². The smallest absolute Gasteiger partial charge is 0.355 e. The van der Waals surface area contributed by atoms with Crippen molar-refractivity contribution in [3.8, 4) is 0 Å². The van der Waals surface area contributed by atoms with Crippen molar-refractivity contribution in [2.24, 2.45) is 5.92 Å². The summed E-state index contributed by atoms with van der Waals surface area (Å²) < 4.78 is 12.5. The van der Waals surface area contributed by atoms with E-state index in [1.165, 1.54) is 12.8 Å². The first kappa shape index (κ1) is 10.4. The van der Waals surface area contributed by atoms with Crippen LogP contribution in [0.1, 0.15) is 30.3 Å². The molecule has 17 heavy (non-hydrogen) atoms. The lowest BCUT2D eigenvalue weighted by Gasteiger charge is -2.07. The van der Waals surface area contributed by atoms with Gasteiger partial charge in [0.15, 0.2) is 0 Å². The Balaban J connectivity index is 2.01. The first-order chi connectivity index (χ1) is 8.29. The van der Waals surface area contributed by atoms with E-state index in [0.29, 0.717) is 18.2 Å². The van der Waals surface area contributed by atoms with Gasteiger partial charge in [0, 0.05) is 11.9 Å². The summed E-state index contributed by atoms with van der Waals surface area (Å²) in [5.74, 6) is 0.420. The number of carbonyl (C=O) groups excluding carboxylic acids is 1. The Hall–Kier alpha value is -1.71. The Morgan fingerprint density at radius 2 is 2.41 bits per heavy atom. The van der Waals surface area contributed by atoms with E-state index in [2.05, 4.69) is 0 Å². The molecule has 0 saturated heterocycles. The fourth-order valence-electron chi connectivity index (χ4n) is 2.09. The van der Waals surface area contributed by atoms with Gasteiger partial charge in [0.25, 0.3) is 0 Å². The summed E-state index contributed by atoms with van der Waals surface area (Å²) >= 11 is 0. The van der Waals surface area contributed by atoms with E-state index in [0.717, 1.165) is 17.6 Å². The second-order valence-corrected chi connectivity index (χ2v) is 4.49. The number of esters is 1. The maximum Gasteiger partial charge on any atom is 0.355 e. The number of fused-ring (bicyclic) bond motifs is 1. The van der Waals surface area contributed by atoms with E-state index in [1.807, 2.05) is 23.6 Å². The van der Waals surface area contributed by atoms with Gasteiger partial charge < -0.3 is 13.7 Å².